The minimum Gasteiger partial charge on any atom is -0.495 e. The van der Waals surface area contributed by atoms with Crippen LogP contribution in [0.4, 0.5) is 5.69 Å². The number of anilines is 1. The lowest BCUT2D eigenvalue weighted by Gasteiger charge is -2.37. The Labute approximate surface area is 164 Å². The molecule has 2 heterocycles. The van der Waals surface area contributed by atoms with Crippen LogP contribution in [0.15, 0.2) is 36.4 Å². The summed E-state index contributed by atoms with van der Waals surface area (Å²) in [6.45, 7) is 2.34. The molecule has 0 N–H and O–H groups in total. The summed E-state index contributed by atoms with van der Waals surface area (Å²) >= 11 is 0. The van der Waals surface area contributed by atoms with E-state index >= 15 is 0 Å². The van der Waals surface area contributed by atoms with E-state index in [0.29, 0.717) is 39.0 Å². The fourth-order valence-corrected chi connectivity index (χ4v) is 4.35. The summed E-state index contributed by atoms with van der Waals surface area (Å²) in [5.41, 5.74) is 1.01. The van der Waals surface area contributed by atoms with E-state index < -0.39 is 0 Å². The molecule has 3 amide bonds. The third kappa shape index (κ3) is 3.25. The molecule has 0 unspecified atom stereocenters. The quantitative estimate of drug-likeness (QED) is 0.579. The van der Waals surface area contributed by atoms with Crippen molar-refractivity contribution in [3.63, 3.8) is 0 Å². The predicted molar refractivity (Wildman–Crippen MR) is 104 cm³/mol. The average Bonchev–Trinajstić information content (AvgIpc) is 2.99. The van der Waals surface area contributed by atoms with Crippen molar-refractivity contribution in [3.05, 3.63) is 36.4 Å². The summed E-state index contributed by atoms with van der Waals surface area (Å²) in [6, 6.07) is 7.83. The van der Waals surface area contributed by atoms with Crippen molar-refractivity contribution in [2.24, 2.45) is 11.8 Å². The second-order valence-electron chi connectivity index (χ2n) is 7.46. The smallest absolute Gasteiger partial charge is 0.242 e. The second-order valence-corrected chi connectivity index (χ2v) is 7.46. The summed E-state index contributed by atoms with van der Waals surface area (Å²) < 4.78 is 5.42. The van der Waals surface area contributed by atoms with Gasteiger partial charge < -0.3 is 14.5 Å². The SMILES string of the molecule is COc1ccccc1N1CCN(C(=O)CN2C(=O)[C@H]3CC=CC[C@H]3C2=O)CC1. The van der Waals surface area contributed by atoms with Crippen LogP contribution in [-0.2, 0) is 14.4 Å². The van der Waals surface area contributed by atoms with E-state index in [-0.39, 0.29) is 36.1 Å². The van der Waals surface area contributed by atoms with E-state index in [9.17, 15) is 14.4 Å². The highest BCUT2D eigenvalue weighted by Crippen LogP contribution is 2.35. The number of piperazine rings is 1. The van der Waals surface area contributed by atoms with E-state index in [1.54, 1.807) is 12.0 Å². The van der Waals surface area contributed by atoms with Gasteiger partial charge in [0.05, 0.1) is 24.6 Å². The van der Waals surface area contributed by atoms with Crippen LogP contribution in [0.2, 0.25) is 0 Å². The van der Waals surface area contributed by atoms with Gasteiger partial charge in [-0.15, -0.1) is 0 Å². The number of ether oxygens (including phenoxy) is 1. The molecular formula is C21H25N3O4. The van der Waals surface area contributed by atoms with Crippen molar-refractivity contribution in [1.82, 2.24) is 9.80 Å². The highest BCUT2D eigenvalue weighted by molar-refractivity contribution is 6.07. The van der Waals surface area contributed by atoms with Crippen LogP contribution >= 0.6 is 0 Å². The minimum atomic E-state index is -0.285. The molecule has 0 spiro atoms. The number of amides is 3. The number of allylic oxidation sites excluding steroid dienone is 2. The van der Waals surface area contributed by atoms with Gasteiger partial charge in [-0.1, -0.05) is 24.3 Å². The van der Waals surface area contributed by atoms with Gasteiger partial charge >= 0.3 is 0 Å². The van der Waals surface area contributed by atoms with Crippen molar-refractivity contribution in [3.8, 4) is 5.75 Å². The predicted octanol–water partition coefficient (Wildman–Crippen LogP) is 1.29. The highest BCUT2D eigenvalue weighted by atomic mass is 16.5. The van der Waals surface area contributed by atoms with E-state index in [2.05, 4.69) is 4.90 Å². The number of carbonyl (C=O) groups excluding carboxylic acids is 3. The number of benzene rings is 1. The summed E-state index contributed by atoms with van der Waals surface area (Å²) in [7, 11) is 1.65. The number of nitrogens with zero attached hydrogens (tertiary/aromatic N) is 3. The molecule has 7 nitrogen and oxygen atoms in total. The van der Waals surface area contributed by atoms with Crippen molar-refractivity contribution in [2.75, 3.05) is 44.7 Å². The fraction of sp³-hybridized carbons (Fsp3) is 0.476. The van der Waals surface area contributed by atoms with E-state index in [1.807, 2.05) is 36.4 Å². The van der Waals surface area contributed by atoms with Gasteiger partial charge in [-0.2, -0.15) is 0 Å². The maximum absolute atomic E-state index is 12.7. The number of carbonyl (C=O) groups is 3. The number of rotatable bonds is 4. The molecule has 2 saturated heterocycles. The van der Waals surface area contributed by atoms with Crippen LogP contribution in [0.1, 0.15) is 12.8 Å². The van der Waals surface area contributed by atoms with Gasteiger partial charge in [-0.05, 0) is 25.0 Å². The summed E-state index contributed by atoms with van der Waals surface area (Å²) in [5, 5.41) is 0. The zero-order chi connectivity index (χ0) is 19.7. The van der Waals surface area contributed by atoms with Crippen LogP contribution in [0.5, 0.6) is 5.75 Å². The number of para-hydroxylation sites is 2. The first-order chi connectivity index (χ1) is 13.6. The van der Waals surface area contributed by atoms with E-state index in [0.717, 1.165) is 11.4 Å². The Balaban J connectivity index is 1.36. The zero-order valence-electron chi connectivity index (χ0n) is 16.0. The Morgan fingerprint density at radius 2 is 1.61 bits per heavy atom. The Morgan fingerprint density at radius 1 is 1.00 bits per heavy atom. The van der Waals surface area contributed by atoms with Gasteiger partial charge in [0.2, 0.25) is 17.7 Å². The fourth-order valence-electron chi connectivity index (χ4n) is 4.35. The van der Waals surface area contributed by atoms with Gasteiger partial charge in [0, 0.05) is 26.2 Å². The first kappa shape index (κ1) is 18.5. The maximum atomic E-state index is 12.7. The lowest BCUT2D eigenvalue weighted by Crippen LogP contribution is -2.52. The number of hydrogen-bond acceptors (Lipinski definition) is 5. The van der Waals surface area contributed by atoms with Crippen LogP contribution in [-0.4, -0.2) is 67.4 Å². The van der Waals surface area contributed by atoms with E-state index in [1.165, 1.54) is 4.90 Å². The molecule has 1 aromatic rings. The molecule has 0 radical (unpaired) electrons. The molecular weight excluding hydrogens is 358 g/mol. The Morgan fingerprint density at radius 3 is 2.21 bits per heavy atom. The number of methoxy groups -OCH3 is 1. The first-order valence-electron chi connectivity index (χ1n) is 9.76. The monoisotopic (exact) mass is 383 g/mol. The molecule has 2 aliphatic heterocycles. The van der Waals surface area contributed by atoms with Gasteiger partial charge in [-0.25, -0.2) is 0 Å². The molecule has 0 saturated carbocycles. The molecule has 7 heteroatoms. The van der Waals surface area contributed by atoms with Crippen molar-refractivity contribution in [2.45, 2.75) is 12.8 Å². The third-order valence-corrected chi connectivity index (χ3v) is 5.95. The molecule has 0 bridgehead atoms. The molecule has 1 aliphatic carbocycles. The Kier molecular flexibility index (Phi) is 5.07. The van der Waals surface area contributed by atoms with Crippen LogP contribution in [0, 0.1) is 11.8 Å². The third-order valence-electron chi connectivity index (χ3n) is 5.95. The number of imide groups is 1. The van der Waals surface area contributed by atoms with Crippen LogP contribution < -0.4 is 9.64 Å². The summed E-state index contributed by atoms with van der Waals surface area (Å²) in [5.74, 6) is -0.305. The number of hydrogen-bond donors (Lipinski definition) is 0. The van der Waals surface area contributed by atoms with Crippen molar-refractivity contribution >= 4 is 23.4 Å². The zero-order valence-corrected chi connectivity index (χ0v) is 16.0. The molecule has 4 rings (SSSR count). The molecule has 28 heavy (non-hydrogen) atoms. The number of likely N-dealkylation sites (tertiary alicyclic amines) is 1. The molecule has 2 atom stereocenters. The molecule has 1 aromatic carbocycles. The van der Waals surface area contributed by atoms with Gasteiger partial charge in [0.25, 0.3) is 0 Å². The van der Waals surface area contributed by atoms with Gasteiger partial charge in [-0.3, -0.25) is 19.3 Å². The van der Waals surface area contributed by atoms with Gasteiger partial charge in [0.1, 0.15) is 12.3 Å². The number of fused-ring (bicyclic) bond motifs is 1. The lowest BCUT2D eigenvalue weighted by molar-refractivity contribution is -0.146. The maximum Gasteiger partial charge on any atom is 0.242 e. The van der Waals surface area contributed by atoms with Crippen molar-refractivity contribution < 1.29 is 19.1 Å². The average molecular weight is 383 g/mol. The topological polar surface area (TPSA) is 70.2 Å². The van der Waals surface area contributed by atoms with Crippen LogP contribution in [0.25, 0.3) is 0 Å². The minimum absolute atomic E-state index is 0.140. The summed E-state index contributed by atoms with van der Waals surface area (Å²) in [6.07, 6.45) is 5.10. The first-order valence-corrected chi connectivity index (χ1v) is 9.76. The van der Waals surface area contributed by atoms with Crippen LogP contribution in [0.3, 0.4) is 0 Å². The van der Waals surface area contributed by atoms with E-state index in [4.69, 9.17) is 4.74 Å². The highest BCUT2D eigenvalue weighted by Gasteiger charge is 2.48. The Bertz CT molecular complexity index is 788. The molecule has 148 valence electrons. The summed E-state index contributed by atoms with van der Waals surface area (Å²) in [4.78, 5) is 43.0. The van der Waals surface area contributed by atoms with Gasteiger partial charge in [0.15, 0.2) is 0 Å². The largest absolute Gasteiger partial charge is 0.495 e. The molecule has 3 aliphatic rings. The molecule has 2 fully saturated rings. The van der Waals surface area contributed by atoms with Crippen molar-refractivity contribution in [1.29, 1.82) is 0 Å². The lowest BCUT2D eigenvalue weighted by atomic mass is 9.85. The normalized spacial score (nSPS) is 24.5. The Hall–Kier alpha value is -2.83. The standard InChI is InChI=1S/C21H25N3O4/c1-28-18-9-5-4-8-17(18)22-10-12-23(13-11-22)19(25)14-24-20(26)15-6-2-3-7-16(15)21(24)27/h2-5,8-9,15-16H,6-7,10-14H2,1H3/t15-,16+. The molecule has 0 aromatic heterocycles. The second kappa shape index (κ2) is 7.66.